The van der Waals surface area contributed by atoms with E-state index >= 15 is 0 Å². The molecule has 0 amide bonds. The van der Waals surface area contributed by atoms with Crippen molar-refractivity contribution in [1.29, 1.82) is 0 Å². The fraction of sp³-hybridized carbons (Fsp3) is 0.0952. The van der Waals surface area contributed by atoms with Gasteiger partial charge in [-0.25, -0.2) is 4.98 Å². The van der Waals surface area contributed by atoms with Gasteiger partial charge in [-0.05, 0) is 41.3 Å². The average Bonchev–Trinajstić information content (AvgIpc) is 3.05. The second-order valence-electron chi connectivity index (χ2n) is 6.06. The second kappa shape index (κ2) is 5.95. The number of H-pyrrole nitrogens is 1. The molecule has 0 unspecified atom stereocenters. The summed E-state index contributed by atoms with van der Waals surface area (Å²) in [5, 5.41) is 0. The van der Waals surface area contributed by atoms with Crippen molar-refractivity contribution >= 4 is 11.0 Å². The summed E-state index contributed by atoms with van der Waals surface area (Å²) in [5.41, 5.74) is 12.7. The Hall–Kier alpha value is -2.91. The number of rotatable bonds is 3. The van der Waals surface area contributed by atoms with E-state index in [0.717, 1.165) is 16.9 Å². The summed E-state index contributed by atoms with van der Waals surface area (Å²) in [5.74, 6) is 0.814. The van der Waals surface area contributed by atoms with Crippen molar-refractivity contribution < 1.29 is 0 Å². The molecule has 118 valence electrons. The van der Waals surface area contributed by atoms with E-state index in [4.69, 9.17) is 5.73 Å². The van der Waals surface area contributed by atoms with E-state index in [9.17, 15) is 0 Å². The topological polar surface area (TPSA) is 54.7 Å². The minimum atomic E-state index is -0.113. The van der Waals surface area contributed by atoms with Crippen LogP contribution in [0.25, 0.3) is 33.3 Å². The van der Waals surface area contributed by atoms with Gasteiger partial charge in [0.1, 0.15) is 5.82 Å². The Morgan fingerprint density at radius 1 is 0.833 bits per heavy atom. The maximum atomic E-state index is 5.98. The van der Waals surface area contributed by atoms with Crippen LogP contribution in [-0.2, 0) is 0 Å². The number of nitrogens with two attached hydrogens (primary N) is 1. The summed E-state index contributed by atoms with van der Waals surface area (Å²) in [6.07, 6.45) is 0. The standard InChI is InChI=1S/C21H19N3/c1-14(22)21-23-19-12-17(15-8-4-2-5-9-15)18(13-20(19)24-21)16-10-6-3-7-11-16/h2-14H,22H2,1H3,(H,23,24)/t14-/m1/s1. The van der Waals surface area contributed by atoms with Crippen LogP contribution in [0.15, 0.2) is 72.8 Å². The number of aromatic nitrogens is 2. The third kappa shape index (κ3) is 2.59. The van der Waals surface area contributed by atoms with Crippen molar-refractivity contribution in [2.45, 2.75) is 13.0 Å². The molecule has 3 nitrogen and oxygen atoms in total. The first-order valence-electron chi connectivity index (χ1n) is 8.12. The van der Waals surface area contributed by atoms with Crippen LogP contribution in [0.1, 0.15) is 18.8 Å². The minimum absolute atomic E-state index is 0.113. The highest BCUT2D eigenvalue weighted by Crippen LogP contribution is 2.35. The zero-order valence-corrected chi connectivity index (χ0v) is 13.5. The summed E-state index contributed by atoms with van der Waals surface area (Å²) in [6, 6.07) is 25.1. The molecule has 1 aromatic heterocycles. The molecule has 0 aliphatic carbocycles. The predicted molar refractivity (Wildman–Crippen MR) is 99.6 cm³/mol. The summed E-state index contributed by atoms with van der Waals surface area (Å²) < 4.78 is 0. The first-order valence-corrected chi connectivity index (χ1v) is 8.12. The van der Waals surface area contributed by atoms with E-state index in [1.54, 1.807) is 0 Å². The molecule has 24 heavy (non-hydrogen) atoms. The molecule has 0 bridgehead atoms. The van der Waals surface area contributed by atoms with Crippen LogP contribution < -0.4 is 5.73 Å². The second-order valence-corrected chi connectivity index (χ2v) is 6.06. The van der Waals surface area contributed by atoms with Gasteiger partial charge in [0.2, 0.25) is 0 Å². The molecule has 4 rings (SSSR count). The lowest BCUT2D eigenvalue weighted by Gasteiger charge is -2.10. The van der Waals surface area contributed by atoms with Crippen molar-refractivity contribution in [3.63, 3.8) is 0 Å². The number of fused-ring (bicyclic) bond motifs is 1. The third-order valence-electron chi connectivity index (χ3n) is 4.24. The molecule has 0 radical (unpaired) electrons. The number of hydrogen-bond donors (Lipinski definition) is 2. The molecule has 3 heteroatoms. The molecule has 1 heterocycles. The smallest absolute Gasteiger partial charge is 0.123 e. The molecule has 0 aliphatic rings. The number of nitrogens with one attached hydrogen (secondary N) is 1. The van der Waals surface area contributed by atoms with Crippen LogP contribution in [0.2, 0.25) is 0 Å². The maximum Gasteiger partial charge on any atom is 0.123 e. The first kappa shape index (κ1) is 14.7. The van der Waals surface area contributed by atoms with Crippen LogP contribution in [0.5, 0.6) is 0 Å². The minimum Gasteiger partial charge on any atom is -0.341 e. The van der Waals surface area contributed by atoms with Crippen LogP contribution in [0, 0.1) is 0 Å². The van der Waals surface area contributed by atoms with E-state index in [2.05, 4.69) is 70.6 Å². The van der Waals surface area contributed by atoms with Gasteiger partial charge in [0.05, 0.1) is 17.1 Å². The predicted octanol–water partition coefficient (Wildman–Crippen LogP) is 4.92. The fourth-order valence-corrected chi connectivity index (χ4v) is 3.01. The highest BCUT2D eigenvalue weighted by Gasteiger charge is 2.13. The molecule has 0 saturated carbocycles. The molecule has 3 aromatic carbocycles. The molecule has 1 atom stereocenters. The van der Waals surface area contributed by atoms with Gasteiger partial charge in [-0.3, -0.25) is 0 Å². The summed E-state index contributed by atoms with van der Waals surface area (Å²) in [7, 11) is 0. The quantitative estimate of drug-likeness (QED) is 0.564. The van der Waals surface area contributed by atoms with Crippen LogP contribution in [0.3, 0.4) is 0 Å². The van der Waals surface area contributed by atoms with Crippen molar-refractivity contribution in [3.8, 4) is 22.3 Å². The first-order chi connectivity index (χ1) is 11.7. The lowest BCUT2D eigenvalue weighted by Crippen LogP contribution is -2.06. The number of hydrogen-bond acceptors (Lipinski definition) is 2. The van der Waals surface area contributed by atoms with Crippen molar-refractivity contribution in [1.82, 2.24) is 9.97 Å². The van der Waals surface area contributed by atoms with E-state index in [-0.39, 0.29) is 6.04 Å². The van der Waals surface area contributed by atoms with Gasteiger partial charge in [0, 0.05) is 0 Å². The fourth-order valence-electron chi connectivity index (χ4n) is 3.01. The van der Waals surface area contributed by atoms with E-state index in [1.165, 1.54) is 22.3 Å². The molecule has 0 saturated heterocycles. The Kier molecular flexibility index (Phi) is 3.63. The molecular weight excluding hydrogens is 294 g/mol. The summed E-state index contributed by atoms with van der Waals surface area (Å²) in [4.78, 5) is 8.00. The highest BCUT2D eigenvalue weighted by atomic mass is 15.0. The Morgan fingerprint density at radius 2 is 1.38 bits per heavy atom. The summed E-state index contributed by atoms with van der Waals surface area (Å²) in [6.45, 7) is 1.94. The van der Waals surface area contributed by atoms with Gasteiger partial charge >= 0.3 is 0 Å². The normalized spacial score (nSPS) is 12.4. The number of imidazole rings is 1. The molecular formula is C21H19N3. The summed E-state index contributed by atoms with van der Waals surface area (Å²) >= 11 is 0. The average molecular weight is 313 g/mol. The molecule has 3 N–H and O–H groups in total. The SMILES string of the molecule is C[C@@H](N)c1nc2cc(-c3ccccc3)c(-c3ccccc3)cc2[nH]1. The zero-order valence-electron chi connectivity index (χ0n) is 13.5. The van der Waals surface area contributed by atoms with Gasteiger partial charge in [-0.2, -0.15) is 0 Å². The van der Waals surface area contributed by atoms with Crippen molar-refractivity contribution in [2.75, 3.05) is 0 Å². The van der Waals surface area contributed by atoms with Crippen LogP contribution >= 0.6 is 0 Å². The Labute approximate surface area is 141 Å². The highest BCUT2D eigenvalue weighted by molar-refractivity contribution is 5.93. The maximum absolute atomic E-state index is 5.98. The lowest BCUT2D eigenvalue weighted by atomic mass is 9.94. The monoisotopic (exact) mass is 313 g/mol. The van der Waals surface area contributed by atoms with E-state index in [1.807, 2.05) is 19.1 Å². The number of nitrogens with zero attached hydrogens (tertiary/aromatic N) is 1. The number of aromatic amines is 1. The van der Waals surface area contributed by atoms with Crippen LogP contribution in [0.4, 0.5) is 0 Å². The van der Waals surface area contributed by atoms with Gasteiger partial charge in [0.15, 0.2) is 0 Å². The Balaban J connectivity index is 2.00. The molecule has 0 spiro atoms. The van der Waals surface area contributed by atoms with E-state index in [0.29, 0.717) is 0 Å². The van der Waals surface area contributed by atoms with E-state index < -0.39 is 0 Å². The Bertz CT molecular complexity index is 894. The molecule has 0 fully saturated rings. The zero-order chi connectivity index (χ0) is 16.5. The lowest BCUT2D eigenvalue weighted by molar-refractivity contribution is 0.760. The molecule has 0 aliphatic heterocycles. The van der Waals surface area contributed by atoms with Crippen LogP contribution in [-0.4, -0.2) is 9.97 Å². The van der Waals surface area contributed by atoms with Gasteiger partial charge in [-0.1, -0.05) is 60.7 Å². The number of benzene rings is 3. The molecule has 4 aromatic rings. The van der Waals surface area contributed by atoms with Crippen molar-refractivity contribution in [3.05, 3.63) is 78.6 Å². The van der Waals surface area contributed by atoms with Crippen molar-refractivity contribution in [2.24, 2.45) is 5.73 Å². The van der Waals surface area contributed by atoms with Gasteiger partial charge < -0.3 is 10.7 Å². The van der Waals surface area contributed by atoms with Gasteiger partial charge in [-0.15, -0.1) is 0 Å². The Morgan fingerprint density at radius 3 is 1.92 bits per heavy atom. The largest absolute Gasteiger partial charge is 0.341 e. The third-order valence-corrected chi connectivity index (χ3v) is 4.24. The van der Waals surface area contributed by atoms with Gasteiger partial charge in [0.25, 0.3) is 0 Å².